The molecule has 6 aromatic rings. The smallest absolute Gasteiger partial charge is 0.164 e. The zero-order chi connectivity index (χ0) is 25.9. The van der Waals surface area contributed by atoms with E-state index in [0.29, 0.717) is 17.5 Å². The molecule has 3 heteroatoms. The van der Waals surface area contributed by atoms with Crippen molar-refractivity contribution >= 4 is 0 Å². The van der Waals surface area contributed by atoms with Crippen molar-refractivity contribution in [3.05, 3.63) is 139 Å². The van der Waals surface area contributed by atoms with E-state index in [-0.39, 0.29) is 0 Å². The summed E-state index contributed by atoms with van der Waals surface area (Å²) in [7, 11) is 0. The lowest BCUT2D eigenvalue weighted by atomic mass is 10.0. The number of hydrogen-bond donors (Lipinski definition) is 0. The van der Waals surface area contributed by atoms with Crippen LogP contribution in [-0.2, 0) is 0 Å². The van der Waals surface area contributed by atoms with Crippen molar-refractivity contribution < 1.29 is 0 Å². The van der Waals surface area contributed by atoms with E-state index in [0.717, 1.165) is 16.7 Å². The van der Waals surface area contributed by atoms with Crippen LogP contribution in [-0.4, -0.2) is 15.0 Å². The van der Waals surface area contributed by atoms with Gasteiger partial charge < -0.3 is 0 Å². The second-order valence-corrected chi connectivity index (χ2v) is 9.57. The fourth-order valence-corrected chi connectivity index (χ4v) is 4.62. The molecule has 0 bridgehead atoms. The average Bonchev–Trinajstić information content (AvgIpc) is 2.97. The molecule has 5 aromatic carbocycles. The van der Waals surface area contributed by atoms with Gasteiger partial charge in [-0.1, -0.05) is 139 Å². The van der Waals surface area contributed by atoms with Gasteiger partial charge in [-0.15, -0.1) is 0 Å². The molecule has 0 spiro atoms. The van der Waals surface area contributed by atoms with Gasteiger partial charge in [0.15, 0.2) is 17.5 Å². The Balaban J connectivity index is 1.40. The largest absolute Gasteiger partial charge is 0.208 e. The van der Waals surface area contributed by atoms with Crippen molar-refractivity contribution in [2.45, 2.75) is 13.8 Å². The summed E-state index contributed by atoms with van der Waals surface area (Å²) in [6, 6.07) is 44.0. The molecular formula is C35H27N3. The first-order valence-electron chi connectivity index (χ1n) is 12.8. The van der Waals surface area contributed by atoms with Gasteiger partial charge >= 0.3 is 0 Å². The van der Waals surface area contributed by atoms with E-state index >= 15 is 0 Å². The van der Waals surface area contributed by atoms with Gasteiger partial charge in [0.1, 0.15) is 0 Å². The molecule has 182 valence electrons. The third kappa shape index (κ3) is 5.00. The maximum absolute atomic E-state index is 4.91. The minimum Gasteiger partial charge on any atom is -0.208 e. The average molecular weight is 490 g/mol. The van der Waals surface area contributed by atoms with Gasteiger partial charge in [-0.2, -0.15) is 0 Å². The predicted molar refractivity (Wildman–Crippen MR) is 156 cm³/mol. The standard InChI is InChI=1S/C35H27N3/c1-24-8-6-12-31(22-24)26-14-18-29(19-15-26)34-36-33(28-10-4-3-5-11-28)37-35(38-34)30-20-16-27(17-21-30)32-13-7-9-25(2)23-32/h3-23H,1-2H3. The van der Waals surface area contributed by atoms with E-state index < -0.39 is 0 Å². The maximum atomic E-state index is 4.91. The molecule has 0 aliphatic carbocycles. The number of aromatic nitrogens is 3. The highest BCUT2D eigenvalue weighted by Gasteiger charge is 2.13. The number of nitrogens with zero attached hydrogens (tertiary/aromatic N) is 3. The van der Waals surface area contributed by atoms with Crippen molar-refractivity contribution in [2.75, 3.05) is 0 Å². The molecule has 0 amide bonds. The summed E-state index contributed by atoms with van der Waals surface area (Å²) in [5, 5.41) is 0. The van der Waals surface area contributed by atoms with E-state index in [1.54, 1.807) is 0 Å². The molecule has 0 atom stereocenters. The van der Waals surface area contributed by atoms with E-state index in [9.17, 15) is 0 Å². The van der Waals surface area contributed by atoms with Gasteiger partial charge in [-0.25, -0.2) is 15.0 Å². The summed E-state index contributed by atoms with van der Waals surface area (Å²) >= 11 is 0. The third-order valence-corrected chi connectivity index (χ3v) is 6.66. The first-order valence-corrected chi connectivity index (χ1v) is 12.8. The molecule has 0 N–H and O–H groups in total. The van der Waals surface area contributed by atoms with Crippen LogP contribution in [0.15, 0.2) is 127 Å². The highest BCUT2D eigenvalue weighted by atomic mass is 15.0. The van der Waals surface area contributed by atoms with E-state index in [2.05, 4.69) is 111 Å². The van der Waals surface area contributed by atoms with Crippen LogP contribution < -0.4 is 0 Å². The van der Waals surface area contributed by atoms with Crippen LogP contribution in [0.3, 0.4) is 0 Å². The van der Waals surface area contributed by atoms with Crippen LogP contribution >= 0.6 is 0 Å². The van der Waals surface area contributed by atoms with Crippen LogP contribution in [0.4, 0.5) is 0 Å². The lowest BCUT2D eigenvalue weighted by Crippen LogP contribution is -2.00. The predicted octanol–water partition coefficient (Wildman–Crippen LogP) is 8.82. The Bertz CT molecular complexity index is 1600. The van der Waals surface area contributed by atoms with Gasteiger partial charge in [0.2, 0.25) is 0 Å². The van der Waals surface area contributed by atoms with Gasteiger partial charge in [0, 0.05) is 16.7 Å². The fourth-order valence-electron chi connectivity index (χ4n) is 4.62. The minimum atomic E-state index is 0.660. The molecular weight excluding hydrogens is 462 g/mol. The molecule has 0 aliphatic heterocycles. The zero-order valence-electron chi connectivity index (χ0n) is 21.5. The molecule has 0 unspecified atom stereocenters. The second-order valence-electron chi connectivity index (χ2n) is 9.57. The number of aryl methyl sites for hydroxylation is 2. The van der Waals surface area contributed by atoms with Crippen LogP contribution in [0.2, 0.25) is 0 Å². The molecule has 6 rings (SSSR count). The quantitative estimate of drug-likeness (QED) is 0.243. The minimum absolute atomic E-state index is 0.660. The Kier molecular flexibility index (Phi) is 6.33. The SMILES string of the molecule is Cc1cccc(-c2ccc(-c3nc(-c4ccccc4)nc(-c4ccc(-c5cccc(C)c5)cc4)n3)cc2)c1. The molecule has 38 heavy (non-hydrogen) atoms. The number of benzene rings is 5. The van der Waals surface area contributed by atoms with Crippen molar-refractivity contribution in [1.82, 2.24) is 15.0 Å². The number of hydrogen-bond acceptors (Lipinski definition) is 3. The summed E-state index contributed by atoms with van der Waals surface area (Å²) in [6.07, 6.45) is 0. The molecule has 0 saturated carbocycles. The van der Waals surface area contributed by atoms with Crippen LogP contribution in [0.25, 0.3) is 56.4 Å². The Morgan fingerprint density at radius 1 is 0.316 bits per heavy atom. The zero-order valence-corrected chi connectivity index (χ0v) is 21.5. The number of rotatable bonds is 5. The summed E-state index contributed by atoms with van der Waals surface area (Å²) < 4.78 is 0. The van der Waals surface area contributed by atoms with Crippen molar-refractivity contribution in [3.8, 4) is 56.4 Å². The van der Waals surface area contributed by atoms with Crippen LogP contribution in [0.5, 0.6) is 0 Å². The molecule has 0 aliphatic rings. The lowest BCUT2D eigenvalue weighted by Gasteiger charge is -2.10. The molecule has 0 radical (unpaired) electrons. The van der Waals surface area contributed by atoms with Crippen LogP contribution in [0, 0.1) is 13.8 Å². The first kappa shape index (κ1) is 23.5. The monoisotopic (exact) mass is 489 g/mol. The Labute approximate surface area is 223 Å². The molecule has 0 fully saturated rings. The molecule has 0 saturated heterocycles. The maximum Gasteiger partial charge on any atom is 0.164 e. The summed E-state index contributed by atoms with van der Waals surface area (Å²) in [5.41, 5.74) is 10.1. The Morgan fingerprint density at radius 2 is 0.658 bits per heavy atom. The molecule has 1 heterocycles. The summed E-state index contributed by atoms with van der Waals surface area (Å²) in [5.74, 6) is 1.98. The topological polar surface area (TPSA) is 38.7 Å². The van der Waals surface area contributed by atoms with Crippen molar-refractivity contribution in [1.29, 1.82) is 0 Å². The van der Waals surface area contributed by atoms with Gasteiger partial charge in [0.25, 0.3) is 0 Å². The lowest BCUT2D eigenvalue weighted by molar-refractivity contribution is 1.07. The van der Waals surface area contributed by atoms with E-state index in [1.807, 2.05) is 30.3 Å². The van der Waals surface area contributed by atoms with E-state index in [1.165, 1.54) is 33.4 Å². The molecule has 1 aromatic heterocycles. The van der Waals surface area contributed by atoms with E-state index in [4.69, 9.17) is 15.0 Å². The second kappa shape index (κ2) is 10.2. The van der Waals surface area contributed by atoms with Crippen molar-refractivity contribution in [2.24, 2.45) is 0 Å². The fraction of sp³-hybridized carbons (Fsp3) is 0.0571. The normalized spacial score (nSPS) is 10.9. The third-order valence-electron chi connectivity index (χ3n) is 6.66. The summed E-state index contributed by atoms with van der Waals surface area (Å²) in [6.45, 7) is 4.23. The Hall–Kier alpha value is -4.89. The highest BCUT2D eigenvalue weighted by Crippen LogP contribution is 2.29. The van der Waals surface area contributed by atoms with Gasteiger partial charge in [-0.05, 0) is 36.1 Å². The molecule has 3 nitrogen and oxygen atoms in total. The summed E-state index contributed by atoms with van der Waals surface area (Å²) in [4.78, 5) is 14.6. The van der Waals surface area contributed by atoms with Gasteiger partial charge in [0.05, 0.1) is 0 Å². The van der Waals surface area contributed by atoms with Crippen LogP contribution in [0.1, 0.15) is 11.1 Å². The Morgan fingerprint density at radius 3 is 1.05 bits per heavy atom. The van der Waals surface area contributed by atoms with Crippen molar-refractivity contribution in [3.63, 3.8) is 0 Å². The highest BCUT2D eigenvalue weighted by molar-refractivity contribution is 5.72. The van der Waals surface area contributed by atoms with Gasteiger partial charge in [-0.3, -0.25) is 0 Å². The first-order chi connectivity index (χ1) is 18.6.